The first-order chi connectivity index (χ1) is 15.6. The van der Waals surface area contributed by atoms with Crippen LogP contribution < -0.4 is 14.4 Å². The summed E-state index contributed by atoms with van der Waals surface area (Å²) in [5.41, 5.74) is 1.18. The fourth-order valence-electron chi connectivity index (χ4n) is 3.13. The number of nitrogens with zero attached hydrogens (tertiary/aromatic N) is 2. The van der Waals surface area contributed by atoms with Gasteiger partial charge in [0, 0.05) is 16.7 Å². The summed E-state index contributed by atoms with van der Waals surface area (Å²) in [6.07, 6.45) is 1.82. The van der Waals surface area contributed by atoms with Gasteiger partial charge in [0.15, 0.2) is 0 Å². The van der Waals surface area contributed by atoms with Crippen molar-refractivity contribution in [3.8, 4) is 5.75 Å². The van der Waals surface area contributed by atoms with Crippen molar-refractivity contribution in [2.75, 3.05) is 30.8 Å². The van der Waals surface area contributed by atoms with Crippen molar-refractivity contribution in [2.24, 2.45) is 0 Å². The minimum Gasteiger partial charge on any atom is -0.497 e. The molecule has 2 aromatic carbocycles. The van der Waals surface area contributed by atoms with Crippen LogP contribution in [-0.2, 0) is 26.2 Å². The Morgan fingerprint density at radius 2 is 1.70 bits per heavy atom. The van der Waals surface area contributed by atoms with Gasteiger partial charge in [-0.25, -0.2) is 8.42 Å². The largest absolute Gasteiger partial charge is 0.497 e. The molecule has 0 spiro atoms. The molecule has 0 aromatic heterocycles. The number of benzene rings is 2. The molecule has 0 unspecified atom stereocenters. The lowest BCUT2D eigenvalue weighted by Crippen LogP contribution is -2.51. The number of rotatable bonds is 11. The van der Waals surface area contributed by atoms with E-state index in [1.807, 2.05) is 19.1 Å². The van der Waals surface area contributed by atoms with E-state index in [4.69, 9.17) is 4.74 Å². The number of methoxy groups -OCH3 is 1. The molecular formula is C23H30IN3O5S. The molecule has 0 saturated carbocycles. The fourth-order valence-corrected chi connectivity index (χ4v) is 4.34. The van der Waals surface area contributed by atoms with E-state index < -0.39 is 28.5 Å². The zero-order chi connectivity index (χ0) is 24.6. The summed E-state index contributed by atoms with van der Waals surface area (Å²) in [5.74, 6) is -0.0971. The Morgan fingerprint density at radius 3 is 2.21 bits per heavy atom. The molecule has 0 saturated heterocycles. The molecule has 2 aromatic rings. The number of sulfonamides is 1. The normalized spacial score (nSPS) is 12.0. The first kappa shape index (κ1) is 26.9. The number of carbonyl (C=O) groups excluding carboxylic acids is 2. The average molecular weight is 587 g/mol. The van der Waals surface area contributed by atoms with Gasteiger partial charge in [-0.3, -0.25) is 13.9 Å². The third-order valence-corrected chi connectivity index (χ3v) is 6.88. The second kappa shape index (κ2) is 12.2. The Balaban J connectivity index is 2.34. The van der Waals surface area contributed by atoms with E-state index in [-0.39, 0.29) is 12.5 Å². The highest BCUT2D eigenvalue weighted by Gasteiger charge is 2.29. The van der Waals surface area contributed by atoms with Gasteiger partial charge in [-0.15, -0.1) is 0 Å². The first-order valence-corrected chi connectivity index (χ1v) is 13.4. The SMILES string of the molecule is CCCNC(=O)[C@@H](C)N(Cc1ccc(OC)cc1)C(=O)CN(c1ccc(I)cc1)S(C)(=O)=O. The van der Waals surface area contributed by atoms with Gasteiger partial charge in [0.25, 0.3) is 0 Å². The second-order valence-corrected chi connectivity index (χ2v) is 10.7. The third-order valence-electron chi connectivity index (χ3n) is 5.02. The van der Waals surface area contributed by atoms with Gasteiger partial charge in [-0.05, 0) is 77.9 Å². The molecule has 0 aliphatic carbocycles. The molecular weight excluding hydrogens is 557 g/mol. The topological polar surface area (TPSA) is 96.0 Å². The number of anilines is 1. The molecule has 0 fully saturated rings. The summed E-state index contributed by atoms with van der Waals surface area (Å²) < 4.78 is 32.2. The zero-order valence-corrected chi connectivity index (χ0v) is 22.2. The van der Waals surface area contributed by atoms with E-state index in [0.717, 1.165) is 26.1 Å². The Kier molecular flexibility index (Phi) is 9.96. The predicted molar refractivity (Wildman–Crippen MR) is 138 cm³/mol. The molecule has 10 heteroatoms. The van der Waals surface area contributed by atoms with Crippen molar-refractivity contribution < 1.29 is 22.7 Å². The average Bonchev–Trinajstić information content (AvgIpc) is 2.79. The van der Waals surface area contributed by atoms with E-state index in [2.05, 4.69) is 27.9 Å². The van der Waals surface area contributed by atoms with Crippen LogP contribution in [0.25, 0.3) is 0 Å². The van der Waals surface area contributed by atoms with Crippen LogP contribution in [0.2, 0.25) is 0 Å². The van der Waals surface area contributed by atoms with Gasteiger partial charge in [0.2, 0.25) is 21.8 Å². The molecule has 0 aliphatic heterocycles. The van der Waals surface area contributed by atoms with E-state index in [1.165, 1.54) is 4.90 Å². The highest BCUT2D eigenvalue weighted by atomic mass is 127. The van der Waals surface area contributed by atoms with Gasteiger partial charge < -0.3 is 15.0 Å². The van der Waals surface area contributed by atoms with Crippen LogP contribution >= 0.6 is 22.6 Å². The van der Waals surface area contributed by atoms with Crippen LogP contribution in [0.3, 0.4) is 0 Å². The summed E-state index contributed by atoms with van der Waals surface area (Å²) in [6.45, 7) is 3.80. The number of nitrogens with one attached hydrogen (secondary N) is 1. The number of ether oxygens (including phenoxy) is 1. The molecule has 2 rings (SSSR count). The lowest BCUT2D eigenvalue weighted by Gasteiger charge is -2.31. The Bertz CT molecular complexity index is 1040. The molecule has 0 bridgehead atoms. The lowest BCUT2D eigenvalue weighted by atomic mass is 10.1. The van der Waals surface area contributed by atoms with Gasteiger partial charge in [0.1, 0.15) is 18.3 Å². The summed E-state index contributed by atoms with van der Waals surface area (Å²) in [5, 5.41) is 2.81. The molecule has 2 amide bonds. The highest BCUT2D eigenvalue weighted by molar-refractivity contribution is 14.1. The van der Waals surface area contributed by atoms with Crippen LogP contribution in [0.1, 0.15) is 25.8 Å². The van der Waals surface area contributed by atoms with Crippen molar-refractivity contribution in [3.05, 3.63) is 57.7 Å². The van der Waals surface area contributed by atoms with Crippen molar-refractivity contribution in [1.29, 1.82) is 0 Å². The quantitative estimate of drug-likeness (QED) is 0.408. The lowest BCUT2D eigenvalue weighted by molar-refractivity contribution is -0.139. The predicted octanol–water partition coefficient (Wildman–Crippen LogP) is 3.01. The number of hydrogen-bond acceptors (Lipinski definition) is 5. The first-order valence-electron chi connectivity index (χ1n) is 10.5. The number of halogens is 1. The van der Waals surface area contributed by atoms with E-state index >= 15 is 0 Å². The summed E-state index contributed by atoms with van der Waals surface area (Å²) in [6, 6.07) is 13.2. The van der Waals surface area contributed by atoms with Crippen LogP contribution in [0, 0.1) is 3.57 Å². The van der Waals surface area contributed by atoms with Gasteiger partial charge in [-0.1, -0.05) is 19.1 Å². The standard InChI is InChI=1S/C23H30IN3O5S/c1-5-14-25-23(29)17(2)26(15-18-6-12-21(32-3)13-7-18)22(28)16-27(33(4,30)31)20-10-8-19(24)9-11-20/h6-13,17H,5,14-16H2,1-4H3,(H,25,29)/t17-/m1/s1. The van der Waals surface area contributed by atoms with Gasteiger partial charge in [-0.2, -0.15) is 0 Å². The van der Waals surface area contributed by atoms with Crippen molar-refractivity contribution in [1.82, 2.24) is 10.2 Å². The molecule has 8 nitrogen and oxygen atoms in total. The molecule has 1 N–H and O–H groups in total. The Morgan fingerprint density at radius 1 is 1.09 bits per heavy atom. The Hall–Kier alpha value is -2.34. The summed E-state index contributed by atoms with van der Waals surface area (Å²) in [4.78, 5) is 27.5. The van der Waals surface area contributed by atoms with E-state index in [1.54, 1.807) is 50.4 Å². The number of carbonyl (C=O) groups is 2. The molecule has 0 aliphatic rings. The molecule has 33 heavy (non-hydrogen) atoms. The molecule has 1 atom stereocenters. The zero-order valence-electron chi connectivity index (χ0n) is 19.2. The number of hydrogen-bond donors (Lipinski definition) is 1. The fraction of sp³-hybridized carbons (Fsp3) is 0.391. The summed E-state index contributed by atoms with van der Waals surface area (Å²) in [7, 11) is -2.17. The number of amides is 2. The highest BCUT2D eigenvalue weighted by Crippen LogP contribution is 2.21. The summed E-state index contributed by atoms with van der Waals surface area (Å²) >= 11 is 2.12. The van der Waals surface area contributed by atoms with Crippen molar-refractivity contribution in [2.45, 2.75) is 32.9 Å². The molecule has 0 heterocycles. The third kappa shape index (κ3) is 7.88. The smallest absolute Gasteiger partial charge is 0.244 e. The van der Waals surface area contributed by atoms with Crippen LogP contribution in [0.4, 0.5) is 5.69 Å². The van der Waals surface area contributed by atoms with Crippen molar-refractivity contribution >= 4 is 50.1 Å². The monoisotopic (exact) mass is 587 g/mol. The van der Waals surface area contributed by atoms with Crippen molar-refractivity contribution in [3.63, 3.8) is 0 Å². The van der Waals surface area contributed by atoms with Crippen LogP contribution in [0.15, 0.2) is 48.5 Å². The van der Waals surface area contributed by atoms with Gasteiger partial charge in [0.05, 0.1) is 19.1 Å². The maximum Gasteiger partial charge on any atom is 0.244 e. The van der Waals surface area contributed by atoms with E-state index in [9.17, 15) is 18.0 Å². The van der Waals surface area contributed by atoms with E-state index in [0.29, 0.717) is 18.0 Å². The minimum atomic E-state index is -3.74. The van der Waals surface area contributed by atoms with Crippen LogP contribution in [-0.4, -0.2) is 57.6 Å². The minimum absolute atomic E-state index is 0.147. The second-order valence-electron chi connectivity index (χ2n) is 7.58. The van der Waals surface area contributed by atoms with Crippen LogP contribution in [0.5, 0.6) is 5.75 Å². The van der Waals surface area contributed by atoms with Gasteiger partial charge >= 0.3 is 0 Å². The Labute approximate surface area is 209 Å². The molecule has 180 valence electrons. The molecule has 0 radical (unpaired) electrons. The maximum absolute atomic E-state index is 13.4. The maximum atomic E-state index is 13.4.